The summed E-state index contributed by atoms with van der Waals surface area (Å²) < 4.78 is 30.9. The lowest BCUT2D eigenvalue weighted by molar-refractivity contribution is -0.116. The average Bonchev–Trinajstić information content (AvgIpc) is 2.76. The van der Waals surface area contributed by atoms with Gasteiger partial charge in [-0.05, 0) is 44.2 Å². The van der Waals surface area contributed by atoms with Crippen molar-refractivity contribution < 1.29 is 23.5 Å². The smallest absolute Gasteiger partial charge is 0.341 e. The standard InChI is InChI=1S/C24H23ClF2N4O4/c1-11(32)3-4-12-5-16(26)18(28)7-19(12)31-10-15(24(34)35)23(33)14-6-17(27)22(20(25)21(14)31)30-8-13(9-30)29-2/h5-7,10,13,29H,3-4,8-9,28H2,1-2H3,(H,34,35). The van der Waals surface area contributed by atoms with Gasteiger partial charge in [0, 0.05) is 31.7 Å². The van der Waals surface area contributed by atoms with Crippen LogP contribution in [0, 0.1) is 11.6 Å². The summed E-state index contributed by atoms with van der Waals surface area (Å²) in [6.07, 6.45) is 1.28. The Hall–Kier alpha value is -3.50. The number of Topliss-reactive ketones (excluding diaryl/α,β-unsaturated/α-hetero) is 1. The van der Waals surface area contributed by atoms with Crippen molar-refractivity contribution in [1.82, 2.24) is 9.88 Å². The molecule has 184 valence electrons. The Kier molecular flexibility index (Phi) is 6.52. The molecule has 0 amide bonds. The van der Waals surface area contributed by atoms with Crippen LogP contribution in [0.1, 0.15) is 29.3 Å². The number of anilines is 2. The van der Waals surface area contributed by atoms with Gasteiger partial charge in [-0.15, -0.1) is 0 Å². The molecule has 3 aromatic rings. The highest BCUT2D eigenvalue weighted by Crippen LogP contribution is 2.39. The van der Waals surface area contributed by atoms with Crippen LogP contribution in [0.25, 0.3) is 16.6 Å². The maximum absolute atomic E-state index is 15.2. The van der Waals surface area contributed by atoms with E-state index in [4.69, 9.17) is 17.3 Å². The summed E-state index contributed by atoms with van der Waals surface area (Å²) in [6.45, 7) is 2.34. The summed E-state index contributed by atoms with van der Waals surface area (Å²) in [5, 5.41) is 12.4. The Balaban J connectivity index is 2.07. The molecule has 0 aliphatic carbocycles. The third kappa shape index (κ3) is 4.35. The number of likely N-dealkylation sites (N-methyl/N-ethyl adjacent to an activating group) is 1. The minimum Gasteiger partial charge on any atom is -0.477 e. The first-order chi connectivity index (χ1) is 16.5. The molecular weight excluding hydrogens is 482 g/mol. The third-order valence-electron chi connectivity index (χ3n) is 6.20. The summed E-state index contributed by atoms with van der Waals surface area (Å²) in [7, 11) is 1.78. The molecule has 1 aromatic heterocycles. The van der Waals surface area contributed by atoms with E-state index >= 15 is 4.39 Å². The molecule has 0 radical (unpaired) electrons. The van der Waals surface area contributed by atoms with E-state index in [2.05, 4.69) is 5.32 Å². The minimum absolute atomic E-state index is 0.0565. The zero-order chi connectivity index (χ0) is 25.6. The SMILES string of the molecule is CNC1CN(c2c(F)cc3c(=O)c(C(=O)O)cn(-c4cc(N)c(F)cc4CCC(C)=O)c3c2Cl)C1. The van der Waals surface area contributed by atoms with Gasteiger partial charge in [0.15, 0.2) is 0 Å². The maximum atomic E-state index is 15.2. The van der Waals surface area contributed by atoms with Crippen LogP contribution in [-0.2, 0) is 11.2 Å². The van der Waals surface area contributed by atoms with Gasteiger partial charge >= 0.3 is 5.97 Å². The number of aromatic carboxylic acids is 1. The lowest BCUT2D eigenvalue weighted by Crippen LogP contribution is -2.57. The molecule has 35 heavy (non-hydrogen) atoms. The lowest BCUT2D eigenvalue weighted by atomic mass is 10.0. The molecule has 8 nitrogen and oxygen atoms in total. The Bertz CT molecular complexity index is 1430. The topological polar surface area (TPSA) is 118 Å². The summed E-state index contributed by atoms with van der Waals surface area (Å²) in [6, 6.07) is 3.54. The van der Waals surface area contributed by atoms with E-state index in [0.717, 1.165) is 18.3 Å². The molecule has 1 saturated heterocycles. The number of hydrogen-bond acceptors (Lipinski definition) is 6. The molecule has 0 spiro atoms. The van der Waals surface area contributed by atoms with Crippen LogP contribution in [0.3, 0.4) is 0 Å². The fourth-order valence-corrected chi connectivity index (χ4v) is 4.64. The number of nitrogens with one attached hydrogen (secondary N) is 1. The molecule has 0 atom stereocenters. The summed E-state index contributed by atoms with van der Waals surface area (Å²) in [5.41, 5.74) is 4.75. The number of halogens is 3. The lowest BCUT2D eigenvalue weighted by Gasteiger charge is -2.41. The van der Waals surface area contributed by atoms with Crippen molar-refractivity contribution in [3.05, 3.63) is 62.4 Å². The van der Waals surface area contributed by atoms with Gasteiger partial charge in [-0.3, -0.25) is 4.79 Å². The van der Waals surface area contributed by atoms with Crippen molar-refractivity contribution in [2.45, 2.75) is 25.8 Å². The number of benzene rings is 2. The zero-order valence-electron chi connectivity index (χ0n) is 19.0. The predicted molar refractivity (Wildman–Crippen MR) is 130 cm³/mol. The average molecular weight is 505 g/mol. The van der Waals surface area contributed by atoms with E-state index < -0.39 is 28.6 Å². The van der Waals surface area contributed by atoms with E-state index in [1.165, 1.54) is 17.6 Å². The van der Waals surface area contributed by atoms with Gasteiger partial charge in [-0.25, -0.2) is 13.6 Å². The highest BCUT2D eigenvalue weighted by molar-refractivity contribution is 6.38. The number of fused-ring (bicyclic) bond motifs is 1. The molecule has 1 aliphatic rings. The number of aryl methyl sites for hydroxylation is 1. The molecule has 0 bridgehead atoms. The second-order valence-corrected chi connectivity index (χ2v) is 8.94. The van der Waals surface area contributed by atoms with Crippen LogP contribution < -0.4 is 21.4 Å². The van der Waals surface area contributed by atoms with Gasteiger partial charge in [-0.1, -0.05) is 11.6 Å². The fraction of sp³-hybridized carbons (Fsp3) is 0.292. The second kappa shape index (κ2) is 9.27. The molecule has 2 heterocycles. The number of hydrogen-bond donors (Lipinski definition) is 3. The maximum Gasteiger partial charge on any atom is 0.341 e. The van der Waals surface area contributed by atoms with Crippen molar-refractivity contribution in [3.63, 3.8) is 0 Å². The van der Waals surface area contributed by atoms with Crippen molar-refractivity contribution in [1.29, 1.82) is 0 Å². The number of ketones is 1. The van der Waals surface area contributed by atoms with E-state index in [9.17, 15) is 23.9 Å². The number of rotatable bonds is 7. The van der Waals surface area contributed by atoms with Gasteiger partial charge in [0.05, 0.1) is 33.0 Å². The number of aromatic nitrogens is 1. The van der Waals surface area contributed by atoms with Crippen LogP contribution >= 0.6 is 11.6 Å². The largest absolute Gasteiger partial charge is 0.477 e. The number of pyridine rings is 1. The molecule has 4 N–H and O–H groups in total. The Morgan fingerprint density at radius 2 is 1.91 bits per heavy atom. The molecule has 0 unspecified atom stereocenters. The quantitative estimate of drug-likeness (QED) is 0.423. The third-order valence-corrected chi connectivity index (χ3v) is 6.55. The fourth-order valence-electron chi connectivity index (χ4n) is 4.23. The van der Waals surface area contributed by atoms with Crippen LogP contribution in [0.5, 0.6) is 0 Å². The number of carbonyl (C=O) groups excluding carboxylic acids is 1. The van der Waals surface area contributed by atoms with Crippen LogP contribution in [0.2, 0.25) is 5.02 Å². The van der Waals surface area contributed by atoms with E-state index in [-0.39, 0.29) is 57.7 Å². The van der Waals surface area contributed by atoms with Gasteiger partial charge in [0.2, 0.25) is 5.43 Å². The van der Waals surface area contributed by atoms with Crippen molar-refractivity contribution in [2.24, 2.45) is 0 Å². The van der Waals surface area contributed by atoms with Gasteiger partial charge in [0.25, 0.3) is 0 Å². The molecule has 2 aromatic carbocycles. The van der Waals surface area contributed by atoms with Gasteiger partial charge < -0.3 is 30.4 Å². The molecular formula is C24H23ClF2N4O4. The number of nitrogens with two attached hydrogens (primary N) is 1. The minimum atomic E-state index is -1.52. The van der Waals surface area contributed by atoms with Crippen molar-refractivity contribution in [3.8, 4) is 5.69 Å². The number of nitrogens with zero attached hydrogens (tertiary/aromatic N) is 2. The Morgan fingerprint density at radius 3 is 2.51 bits per heavy atom. The van der Waals surface area contributed by atoms with Crippen molar-refractivity contribution in [2.75, 3.05) is 30.8 Å². The first-order valence-corrected chi connectivity index (χ1v) is 11.2. The molecule has 11 heteroatoms. The summed E-state index contributed by atoms with van der Waals surface area (Å²) >= 11 is 6.69. The monoisotopic (exact) mass is 504 g/mol. The van der Waals surface area contributed by atoms with Gasteiger partial charge in [0.1, 0.15) is 23.0 Å². The molecule has 1 fully saturated rings. The Morgan fingerprint density at radius 1 is 1.23 bits per heavy atom. The number of carboxylic acids is 1. The van der Waals surface area contributed by atoms with Crippen molar-refractivity contribution >= 4 is 45.6 Å². The van der Waals surface area contributed by atoms with Crippen LogP contribution in [-0.4, -0.2) is 47.6 Å². The van der Waals surface area contributed by atoms with Crippen LogP contribution in [0.15, 0.2) is 29.2 Å². The second-order valence-electron chi connectivity index (χ2n) is 8.56. The summed E-state index contributed by atoms with van der Waals surface area (Å²) in [5.74, 6) is -3.14. The van der Waals surface area contributed by atoms with E-state index in [0.29, 0.717) is 18.7 Å². The van der Waals surface area contributed by atoms with Gasteiger partial charge in [-0.2, -0.15) is 0 Å². The number of carboxylic acid groups (broad SMARTS) is 1. The predicted octanol–water partition coefficient (Wildman–Crippen LogP) is 3.13. The molecule has 4 rings (SSSR count). The zero-order valence-corrected chi connectivity index (χ0v) is 19.7. The highest BCUT2D eigenvalue weighted by Gasteiger charge is 2.31. The number of nitrogen functional groups attached to an aromatic ring is 1. The highest BCUT2D eigenvalue weighted by atomic mass is 35.5. The van der Waals surface area contributed by atoms with E-state index in [1.54, 1.807) is 11.9 Å². The first kappa shape index (κ1) is 24.6. The first-order valence-electron chi connectivity index (χ1n) is 10.8. The Labute approximate surface area is 203 Å². The summed E-state index contributed by atoms with van der Waals surface area (Å²) in [4.78, 5) is 38.1. The normalized spacial score (nSPS) is 13.8. The molecule has 1 aliphatic heterocycles. The molecule has 0 saturated carbocycles. The number of carbonyl (C=O) groups is 2. The van der Waals surface area contributed by atoms with Crippen LogP contribution in [0.4, 0.5) is 20.2 Å². The van der Waals surface area contributed by atoms with E-state index in [1.807, 2.05) is 0 Å².